The zero-order valence-electron chi connectivity index (χ0n) is 10.4. The van der Waals surface area contributed by atoms with E-state index in [1.54, 1.807) is 0 Å². The zero-order chi connectivity index (χ0) is 13.4. The molecule has 0 saturated carbocycles. The van der Waals surface area contributed by atoms with Crippen molar-refractivity contribution in [1.82, 2.24) is 4.90 Å². The van der Waals surface area contributed by atoms with Gasteiger partial charge in [0.1, 0.15) is 12.6 Å². The fourth-order valence-corrected chi connectivity index (χ4v) is 1.60. The second-order valence-electron chi connectivity index (χ2n) is 3.80. The van der Waals surface area contributed by atoms with Gasteiger partial charge in [-0.3, -0.25) is 4.79 Å². The van der Waals surface area contributed by atoms with Crippen LogP contribution in [0.4, 0.5) is 0 Å². The van der Waals surface area contributed by atoms with Crippen LogP contribution in [0, 0.1) is 11.3 Å². The van der Waals surface area contributed by atoms with Gasteiger partial charge in [-0.05, 0) is 5.56 Å². The van der Waals surface area contributed by atoms with E-state index in [1.807, 2.05) is 36.4 Å². The van der Waals surface area contributed by atoms with E-state index < -0.39 is 6.10 Å². The Kier molecular flexibility index (Phi) is 5.85. The predicted octanol–water partition coefficient (Wildman–Crippen LogP) is 0.512. The maximum absolute atomic E-state index is 12.1. The summed E-state index contributed by atoms with van der Waals surface area (Å²) in [5.74, 6) is -0.259. The van der Waals surface area contributed by atoms with Crippen LogP contribution in [-0.4, -0.2) is 37.1 Å². The molecule has 1 aromatic carbocycles. The van der Waals surface area contributed by atoms with Gasteiger partial charge in [-0.15, -0.1) is 0 Å². The van der Waals surface area contributed by atoms with Gasteiger partial charge in [0.05, 0.1) is 6.07 Å². The molecule has 0 aliphatic rings. The summed E-state index contributed by atoms with van der Waals surface area (Å²) in [5, 5.41) is 8.77. The third kappa shape index (κ3) is 3.84. The molecule has 1 rings (SSSR count). The topological polar surface area (TPSA) is 79.3 Å². The summed E-state index contributed by atoms with van der Waals surface area (Å²) < 4.78 is 5.00. The Labute approximate surface area is 107 Å². The fraction of sp³-hybridized carbons (Fsp3) is 0.385. The van der Waals surface area contributed by atoms with Gasteiger partial charge in [0.15, 0.2) is 0 Å². The number of carbonyl (C=O) groups is 1. The van der Waals surface area contributed by atoms with E-state index in [0.29, 0.717) is 6.54 Å². The molecule has 0 fully saturated rings. The Bertz CT molecular complexity index is 410. The highest BCUT2D eigenvalue weighted by molar-refractivity contribution is 5.81. The van der Waals surface area contributed by atoms with E-state index in [9.17, 15) is 4.79 Å². The van der Waals surface area contributed by atoms with Crippen LogP contribution in [0.2, 0.25) is 0 Å². The lowest BCUT2D eigenvalue weighted by molar-refractivity contribution is -0.141. The number of hydrogen-bond donors (Lipinski definition) is 1. The minimum absolute atomic E-state index is 0.0214. The van der Waals surface area contributed by atoms with Crippen LogP contribution in [0.5, 0.6) is 0 Å². The van der Waals surface area contributed by atoms with Gasteiger partial charge in [0.25, 0.3) is 5.91 Å². The molecule has 1 aromatic rings. The molecule has 1 amide bonds. The molecule has 0 heterocycles. The standard InChI is InChI=1S/C13H17N3O2/c1-18-12(9-15)13(17)16(8-7-14)10-11-5-3-2-4-6-11/h2-6,12H,8-10,15H2,1H3. The molecule has 18 heavy (non-hydrogen) atoms. The van der Waals surface area contributed by atoms with Crippen molar-refractivity contribution in [2.24, 2.45) is 5.73 Å². The Morgan fingerprint density at radius 1 is 1.50 bits per heavy atom. The van der Waals surface area contributed by atoms with Crippen molar-refractivity contribution in [2.45, 2.75) is 12.6 Å². The molecular weight excluding hydrogens is 230 g/mol. The number of amides is 1. The van der Waals surface area contributed by atoms with Crippen molar-refractivity contribution in [2.75, 3.05) is 20.2 Å². The van der Waals surface area contributed by atoms with Gasteiger partial charge in [0, 0.05) is 20.2 Å². The van der Waals surface area contributed by atoms with E-state index >= 15 is 0 Å². The highest BCUT2D eigenvalue weighted by Crippen LogP contribution is 2.06. The van der Waals surface area contributed by atoms with Gasteiger partial charge < -0.3 is 15.4 Å². The van der Waals surface area contributed by atoms with E-state index in [-0.39, 0.29) is 19.0 Å². The minimum Gasteiger partial charge on any atom is -0.370 e. The van der Waals surface area contributed by atoms with E-state index in [2.05, 4.69) is 0 Å². The van der Waals surface area contributed by atoms with Gasteiger partial charge in [-0.1, -0.05) is 30.3 Å². The van der Waals surface area contributed by atoms with E-state index in [1.165, 1.54) is 12.0 Å². The molecule has 0 radical (unpaired) electrons. The molecule has 0 spiro atoms. The number of nitriles is 1. The Morgan fingerprint density at radius 2 is 2.17 bits per heavy atom. The molecular formula is C13H17N3O2. The molecule has 0 saturated heterocycles. The molecule has 0 aromatic heterocycles. The summed E-state index contributed by atoms with van der Waals surface area (Å²) in [6, 6.07) is 11.5. The molecule has 1 atom stereocenters. The van der Waals surface area contributed by atoms with Gasteiger partial charge >= 0.3 is 0 Å². The van der Waals surface area contributed by atoms with Crippen molar-refractivity contribution in [3.63, 3.8) is 0 Å². The third-order valence-corrected chi connectivity index (χ3v) is 2.56. The van der Waals surface area contributed by atoms with Crippen molar-refractivity contribution in [1.29, 1.82) is 5.26 Å². The third-order valence-electron chi connectivity index (χ3n) is 2.56. The Hall–Kier alpha value is -1.90. The predicted molar refractivity (Wildman–Crippen MR) is 67.3 cm³/mol. The quantitative estimate of drug-likeness (QED) is 0.743. The first-order valence-electron chi connectivity index (χ1n) is 5.65. The van der Waals surface area contributed by atoms with E-state index in [0.717, 1.165) is 5.56 Å². The van der Waals surface area contributed by atoms with Gasteiger partial charge in [-0.25, -0.2) is 0 Å². The SMILES string of the molecule is COC(CN)C(=O)N(CC#N)Cc1ccccc1. The number of nitrogens with two attached hydrogens (primary N) is 1. The normalized spacial score (nSPS) is 11.6. The highest BCUT2D eigenvalue weighted by Gasteiger charge is 2.22. The molecule has 5 nitrogen and oxygen atoms in total. The number of rotatable bonds is 6. The zero-order valence-corrected chi connectivity index (χ0v) is 10.4. The van der Waals surface area contributed by atoms with Crippen LogP contribution in [0.15, 0.2) is 30.3 Å². The highest BCUT2D eigenvalue weighted by atomic mass is 16.5. The van der Waals surface area contributed by atoms with Crippen LogP contribution in [-0.2, 0) is 16.1 Å². The maximum Gasteiger partial charge on any atom is 0.254 e. The monoisotopic (exact) mass is 247 g/mol. The molecule has 2 N–H and O–H groups in total. The van der Waals surface area contributed by atoms with Crippen molar-refractivity contribution in [3.8, 4) is 6.07 Å². The second-order valence-corrected chi connectivity index (χ2v) is 3.80. The molecule has 5 heteroatoms. The van der Waals surface area contributed by atoms with Crippen LogP contribution in [0.25, 0.3) is 0 Å². The lowest BCUT2D eigenvalue weighted by Gasteiger charge is -2.23. The smallest absolute Gasteiger partial charge is 0.254 e. The van der Waals surface area contributed by atoms with Gasteiger partial charge in [-0.2, -0.15) is 5.26 Å². The first-order valence-corrected chi connectivity index (χ1v) is 5.65. The van der Waals surface area contributed by atoms with Crippen molar-refractivity contribution in [3.05, 3.63) is 35.9 Å². The fourth-order valence-electron chi connectivity index (χ4n) is 1.60. The molecule has 0 aliphatic carbocycles. The summed E-state index contributed by atoms with van der Waals surface area (Å²) in [5.41, 5.74) is 6.42. The average molecular weight is 247 g/mol. The summed E-state index contributed by atoms with van der Waals surface area (Å²) in [6.45, 7) is 0.507. The van der Waals surface area contributed by atoms with E-state index in [4.69, 9.17) is 15.7 Å². The minimum atomic E-state index is -0.693. The largest absolute Gasteiger partial charge is 0.370 e. The molecule has 1 unspecified atom stereocenters. The number of hydrogen-bond acceptors (Lipinski definition) is 4. The maximum atomic E-state index is 12.1. The van der Waals surface area contributed by atoms with Crippen LogP contribution in [0.1, 0.15) is 5.56 Å². The van der Waals surface area contributed by atoms with Crippen molar-refractivity contribution < 1.29 is 9.53 Å². The van der Waals surface area contributed by atoms with Gasteiger partial charge in [0.2, 0.25) is 0 Å². The van der Waals surface area contributed by atoms with Crippen LogP contribution < -0.4 is 5.73 Å². The summed E-state index contributed by atoms with van der Waals surface area (Å²) in [7, 11) is 1.43. The average Bonchev–Trinajstić information content (AvgIpc) is 2.40. The number of methoxy groups -OCH3 is 1. The Morgan fingerprint density at radius 3 is 2.67 bits per heavy atom. The van der Waals surface area contributed by atoms with Crippen molar-refractivity contribution >= 4 is 5.91 Å². The second kappa shape index (κ2) is 7.43. The number of benzene rings is 1. The summed E-state index contributed by atoms with van der Waals surface area (Å²) >= 11 is 0. The van der Waals surface area contributed by atoms with Crippen LogP contribution in [0.3, 0.4) is 0 Å². The number of ether oxygens (including phenoxy) is 1. The molecule has 0 aliphatic heterocycles. The molecule has 0 bridgehead atoms. The van der Waals surface area contributed by atoms with Crippen LogP contribution >= 0.6 is 0 Å². The number of carbonyl (C=O) groups excluding carboxylic acids is 1. The summed E-state index contributed by atoms with van der Waals surface area (Å²) in [6.07, 6.45) is -0.693. The first kappa shape index (κ1) is 14.2. The molecule has 96 valence electrons. The first-order chi connectivity index (χ1) is 8.72. The lowest BCUT2D eigenvalue weighted by atomic mass is 10.2. The lowest BCUT2D eigenvalue weighted by Crippen LogP contribution is -2.43. The Balaban J connectivity index is 2.77. The number of nitrogens with zero attached hydrogens (tertiary/aromatic N) is 2. The summed E-state index contributed by atoms with van der Waals surface area (Å²) in [4.78, 5) is 13.5.